The molecule has 3 rings (SSSR count). The van der Waals surface area contributed by atoms with Gasteiger partial charge in [0.1, 0.15) is 11.6 Å². The van der Waals surface area contributed by atoms with Crippen LogP contribution in [-0.2, 0) is 4.79 Å². The molecule has 1 saturated heterocycles. The molecule has 0 atom stereocenters. The first kappa shape index (κ1) is 17.4. The lowest BCUT2D eigenvalue weighted by Crippen LogP contribution is -3.15. The van der Waals surface area contributed by atoms with Crippen molar-refractivity contribution in [1.82, 2.24) is 0 Å². The number of nitrogens with zero attached hydrogens (tertiary/aromatic N) is 1. The number of carbonyl (C=O) groups is 1. The molecule has 1 heterocycles. The van der Waals surface area contributed by atoms with E-state index in [-0.39, 0.29) is 17.5 Å². The van der Waals surface area contributed by atoms with E-state index in [9.17, 15) is 13.6 Å². The largest absolute Gasteiger partial charge is 0.360 e. The molecule has 0 radical (unpaired) electrons. The molecule has 0 unspecified atom stereocenters. The number of benzene rings is 2. The van der Waals surface area contributed by atoms with Gasteiger partial charge >= 0.3 is 0 Å². The Kier molecular flexibility index (Phi) is 5.28. The van der Waals surface area contributed by atoms with E-state index in [4.69, 9.17) is 0 Å². The highest BCUT2D eigenvalue weighted by atomic mass is 19.1. The molecule has 2 N–H and O–H groups in total. The van der Waals surface area contributed by atoms with Crippen LogP contribution in [0, 0.1) is 18.6 Å². The number of carbonyl (C=O) groups excluding carboxylic acids is 1. The summed E-state index contributed by atoms with van der Waals surface area (Å²) in [6.45, 7) is 5.32. The lowest BCUT2D eigenvalue weighted by molar-refractivity contribution is -0.892. The fraction of sp³-hybridized carbons (Fsp3) is 0.316. The van der Waals surface area contributed by atoms with Crippen LogP contribution < -0.4 is 15.1 Å². The van der Waals surface area contributed by atoms with Crippen LogP contribution in [0.5, 0.6) is 0 Å². The van der Waals surface area contributed by atoms with Gasteiger partial charge < -0.3 is 15.1 Å². The third-order valence-electron chi connectivity index (χ3n) is 4.53. The van der Waals surface area contributed by atoms with Gasteiger partial charge in [-0.3, -0.25) is 4.79 Å². The fourth-order valence-electron chi connectivity index (χ4n) is 3.01. The molecule has 1 amide bonds. The number of amides is 1. The van der Waals surface area contributed by atoms with E-state index in [1.807, 2.05) is 0 Å². The zero-order valence-electron chi connectivity index (χ0n) is 14.2. The van der Waals surface area contributed by atoms with Crippen LogP contribution in [0.2, 0.25) is 0 Å². The van der Waals surface area contributed by atoms with E-state index in [0.717, 1.165) is 31.9 Å². The number of nitrogens with one attached hydrogen (secondary N) is 2. The molecule has 0 bridgehead atoms. The number of hydrogen-bond donors (Lipinski definition) is 2. The van der Waals surface area contributed by atoms with E-state index in [0.29, 0.717) is 17.8 Å². The van der Waals surface area contributed by atoms with Gasteiger partial charge in [-0.2, -0.15) is 0 Å². The molecule has 4 nitrogen and oxygen atoms in total. The van der Waals surface area contributed by atoms with Gasteiger partial charge in [-0.25, -0.2) is 8.78 Å². The highest BCUT2D eigenvalue weighted by Gasteiger charge is 2.22. The normalized spacial score (nSPS) is 15.2. The SMILES string of the molecule is Cc1ccc(NC(=O)C[NH+]2CCN(c3ccc(F)cc3)CC2)cc1F. The van der Waals surface area contributed by atoms with Crippen LogP contribution >= 0.6 is 0 Å². The minimum Gasteiger partial charge on any atom is -0.360 e. The molecular formula is C19H22F2N3O+. The summed E-state index contributed by atoms with van der Waals surface area (Å²) in [5, 5.41) is 2.75. The quantitative estimate of drug-likeness (QED) is 0.883. The Hall–Kier alpha value is -2.47. The molecule has 1 fully saturated rings. The van der Waals surface area contributed by atoms with E-state index in [2.05, 4.69) is 10.2 Å². The predicted molar refractivity (Wildman–Crippen MR) is 93.9 cm³/mol. The lowest BCUT2D eigenvalue weighted by Gasteiger charge is -2.33. The second-order valence-corrected chi connectivity index (χ2v) is 6.40. The predicted octanol–water partition coefficient (Wildman–Crippen LogP) is 1.62. The van der Waals surface area contributed by atoms with Crippen molar-refractivity contribution in [2.75, 3.05) is 42.9 Å². The molecule has 25 heavy (non-hydrogen) atoms. The summed E-state index contributed by atoms with van der Waals surface area (Å²) in [4.78, 5) is 15.5. The third kappa shape index (κ3) is 4.54. The Morgan fingerprint density at radius 2 is 1.80 bits per heavy atom. The van der Waals surface area contributed by atoms with Crippen molar-refractivity contribution < 1.29 is 18.5 Å². The van der Waals surface area contributed by atoms with E-state index in [1.54, 1.807) is 31.2 Å². The van der Waals surface area contributed by atoms with Crippen LogP contribution in [0.15, 0.2) is 42.5 Å². The lowest BCUT2D eigenvalue weighted by atomic mass is 10.2. The summed E-state index contributed by atoms with van der Waals surface area (Å²) in [5.41, 5.74) is 2.04. The molecule has 0 aliphatic carbocycles. The van der Waals surface area contributed by atoms with Gasteiger partial charge in [0, 0.05) is 11.4 Å². The zero-order chi connectivity index (χ0) is 17.8. The summed E-state index contributed by atoms with van der Waals surface area (Å²) < 4.78 is 26.5. The first-order valence-electron chi connectivity index (χ1n) is 8.41. The molecule has 2 aromatic rings. The van der Waals surface area contributed by atoms with Crippen molar-refractivity contribution in [3.63, 3.8) is 0 Å². The number of aryl methyl sites for hydroxylation is 1. The summed E-state index contributed by atoms with van der Waals surface area (Å²) in [6, 6.07) is 11.2. The van der Waals surface area contributed by atoms with Gasteiger partial charge in [0.15, 0.2) is 6.54 Å². The van der Waals surface area contributed by atoms with Crippen molar-refractivity contribution in [2.24, 2.45) is 0 Å². The minimum atomic E-state index is -0.321. The summed E-state index contributed by atoms with van der Waals surface area (Å²) >= 11 is 0. The molecule has 132 valence electrons. The molecule has 0 spiro atoms. The zero-order valence-corrected chi connectivity index (χ0v) is 14.2. The minimum absolute atomic E-state index is 0.117. The number of halogens is 2. The molecule has 0 saturated carbocycles. The molecule has 6 heteroatoms. The molecular weight excluding hydrogens is 324 g/mol. The molecule has 0 aromatic heterocycles. The van der Waals surface area contributed by atoms with Gasteiger partial charge in [0.05, 0.1) is 26.2 Å². The van der Waals surface area contributed by atoms with Gasteiger partial charge in [-0.05, 0) is 48.9 Å². The Bertz CT molecular complexity index is 741. The van der Waals surface area contributed by atoms with Crippen LogP contribution in [0.25, 0.3) is 0 Å². The molecule has 1 aliphatic rings. The van der Waals surface area contributed by atoms with Crippen LogP contribution in [0.1, 0.15) is 5.56 Å². The van der Waals surface area contributed by atoms with Crippen molar-refractivity contribution in [3.8, 4) is 0 Å². The summed E-state index contributed by atoms with van der Waals surface area (Å²) in [6.07, 6.45) is 0. The maximum atomic E-state index is 13.5. The Balaban J connectivity index is 1.49. The van der Waals surface area contributed by atoms with E-state index in [1.165, 1.54) is 23.1 Å². The van der Waals surface area contributed by atoms with E-state index < -0.39 is 0 Å². The van der Waals surface area contributed by atoms with Crippen LogP contribution in [0.3, 0.4) is 0 Å². The van der Waals surface area contributed by atoms with Crippen molar-refractivity contribution in [2.45, 2.75) is 6.92 Å². The topological polar surface area (TPSA) is 36.8 Å². The Morgan fingerprint density at radius 1 is 1.12 bits per heavy atom. The second-order valence-electron chi connectivity index (χ2n) is 6.40. The first-order valence-corrected chi connectivity index (χ1v) is 8.41. The van der Waals surface area contributed by atoms with Crippen molar-refractivity contribution in [3.05, 3.63) is 59.7 Å². The smallest absolute Gasteiger partial charge is 0.279 e. The molecule has 1 aliphatic heterocycles. The van der Waals surface area contributed by atoms with Gasteiger partial charge in [0.2, 0.25) is 0 Å². The van der Waals surface area contributed by atoms with Crippen molar-refractivity contribution in [1.29, 1.82) is 0 Å². The van der Waals surface area contributed by atoms with Gasteiger partial charge in [0.25, 0.3) is 5.91 Å². The average molecular weight is 346 g/mol. The number of rotatable bonds is 4. The average Bonchev–Trinajstić information content (AvgIpc) is 2.60. The standard InChI is InChI=1S/C19H21F2N3O/c1-14-2-5-16(12-18(14)21)22-19(25)13-23-8-10-24(11-9-23)17-6-3-15(20)4-7-17/h2-7,12H,8-11,13H2,1H3,(H,22,25)/p+1. The summed E-state index contributed by atoms with van der Waals surface area (Å²) in [7, 11) is 0. The third-order valence-corrected chi connectivity index (χ3v) is 4.53. The molecule has 2 aromatic carbocycles. The fourth-order valence-corrected chi connectivity index (χ4v) is 3.01. The number of hydrogen-bond acceptors (Lipinski definition) is 2. The van der Waals surface area contributed by atoms with Crippen LogP contribution in [0.4, 0.5) is 20.2 Å². The van der Waals surface area contributed by atoms with Gasteiger partial charge in [-0.15, -0.1) is 0 Å². The second kappa shape index (κ2) is 7.61. The van der Waals surface area contributed by atoms with Gasteiger partial charge in [-0.1, -0.05) is 6.07 Å². The number of piperazine rings is 1. The number of quaternary nitrogens is 1. The van der Waals surface area contributed by atoms with E-state index >= 15 is 0 Å². The highest BCUT2D eigenvalue weighted by Crippen LogP contribution is 2.15. The maximum absolute atomic E-state index is 13.5. The monoisotopic (exact) mass is 346 g/mol. The van der Waals surface area contributed by atoms with Crippen LogP contribution in [-0.4, -0.2) is 38.6 Å². The van der Waals surface area contributed by atoms with Crippen molar-refractivity contribution >= 4 is 17.3 Å². The maximum Gasteiger partial charge on any atom is 0.279 e. The Morgan fingerprint density at radius 3 is 2.44 bits per heavy atom. The highest BCUT2D eigenvalue weighted by molar-refractivity contribution is 5.91. The number of anilines is 2. The first-order chi connectivity index (χ1) is 12.0. The Labute approximate surface area is 146 Å². The summed E-state index contributed by atoms with van der Waals surface area (Å²) in [5.74, 6) is -0.677.